The topological polar surface area (TPSA) is 55.8 Å². The van der Waals surface area contributed by atoms with E-state index in [-0.39, 0.29) is 0 Å². The number of benzene rings is 2. The first-order valence-electron chi connectivity index (χ1n) is 7.87. The molecule has 24 heavy (non-hydrogen) atoms. The van der Waals surface area contributed by atoms with Gasteiger partial charge in [0.2, 0.25) is 0 Å². The van der Waals surface area contributed by atoms with Crippen molar-refractivity contribution in [1.29, 1.82) is 0 Å². The van der Waals surface area contributed by atoms with Crippen molar-refractivity contribution < 1.29 is 19.4 Å². The molecule has 4 heteroatoms. The monoisotopic (exact) mass is 328 g/mol. The van der Waals surface area contributed by atoms with E-state index >= 15 is 0 Å². The molecule has 0 spiro atoms. The Morgan fingerprint density at radius 2 is 1.71 bits per heavy atom. The Kier molecular flexibility index (Phi) is 5.30. The molecule has 2 aromatic rings. The molecule has 0 aromatic heterocycles. The first kappa shape index (κ1) is 18.0. The molecule has 0 aliphatic rings. The van der Waals surface area contributed by atoms with Gasteiger partial charge in [-0.15, -0.1) is 0 Å². The molecule has 0 bridgehead atoms. The van der Waals surface area contributed by atoms with Gasteiger partial charge in [0, 0.05) is 5.56 Å². The zero-order chi connectivity index (χ0) is 17.9. The Morgan fingerprint density at radius 1 is 1.08 bits per heavy atom. The molecule has 4 nitrogen and oxygen atoms in total. The van der Waals surface area contributed by atoms with Gasteiger partial charge < -0.3 is 14.6 Å². The van der Waals surface area contributed by atoms with Crippen molar-refractivity contribution in [1.82, 2.24) is 0 Å². The standard InChI is InChI=1S/C20H24O4/c1-13-7-6-8-16(14-9-11-15(23-5)12-10-14)17(13)18(19(21)22)24-20(2,3)4/h6-12,18H,1-5H3,(H,21,22). The third-order valence-electron chi connectivity index (χ3n) is 3.68. The van der Waals surface area contributed by atoms with Crippen LogP contribution in [0.5, 0.6) is 5.75 Å². The van der Waals surface area contributed by atoms with Crippen molar-refractivity contribution in [2.75, 3.05) is 7.11 Å². The molecule has 0 aliphatic carbocycles. The smallest absolute Gasteiger partial charge is 0.337 e. The van der Waals surface area contributed by atoms with E-state index in [0.717, 1.165) is 22.4 Å². The summed E-state index contributed by atoms with van der Waals surface area (Å²) in [6, 6.07) is 13.3. The first-order chi connectivity index (χ1) is 11.2. The largest absolute Gasteiger partial charge is 0.497 e. The number of ether oxygens (including phenoxy) is 2. The maximum absolute atomic E-state index is 11.9. The minimum absolute atomic E-state index is 0.567. The lowest BCUT2D eigenvalue weighted by atomic mass is 9.92. The highest BCUT2D eigenvalue weighted by molar-refractivity contribution is 5.81. The number of carbonyl (C=O) groups is 1. The van der Waals surface area contributed by atoms with E-state index in [1.807, 2.05) is 70.2 Å². The molecule has 0 aliphatic heterocycles. The van der Waals surface area contributed by atoms with E-state index in [4.69, 9.17) is 9.47 Å². The molecule has 0 amide bonds. The van der Waals surface area contributed by atoms with E-state index < -0.39 is 17.7 Å². The van der Waals surface area contributed by atoms with Crippen LogP contribution in [0.3, 0.4) is 0 Å². The summed E-state index contributed by atoms with van der Waals surface area (Å²) in [6.07, 6.45) is -1.02. The van der Waals surface area contributed by atoms with Gasteiger partial charge in [0.1, 0.15) is 5.75 Å². The summed E-state index contributed by atoms with van der Waals surface area (Å²) in [5, 5.41) is 9.72. The number of rotatable bonds is 5. The number of hydrogen-bond donors (Lipinski definition) is 1. The molecular formula is C20H24O4. The molecule has 0 radical (unpaired) electrons. The van der Waals surface area contributed by atoms with Crippen LogP contribution in [0.15, 0.2) is 42.5 Å². The minimum atomic E-state index is -1.02. The predicted molar refractivity (Wildman–Crippen MR) is 94.4 cm³/mol. The number of hydrogen-bond acceptors (Lipinski definition) is 3. The number of carboxylic acids is 1. The molecule has 1 N–H and O–H groups in total. The van der Waals surface area contributed by atoms with Crippen molar-refractivity contribution in [3.8, 4) is 16.9 Å². The van der Waals surface area contributed by atoms with Gasteiger partial charge in [0.15, 0.2) is 6.10 Å². The second kappa shape index (κ2) is 7.05. The van der Waals surface area contributed by atoms with E-state index in [1.165, 1.54) is 0 Å². The molecule has 0 saturated carbocycles. The molecule has 0 saturated heterocycles. The third-order valence-corrected chi connectivity index (χ3v) is 3.68. The summed E-state index contributed by atoms with van der Waals surface area (Å²) in [7, 11) is 1.62. The molecule has 0 fully saturated rings. The van der Waals surface area contributed by atoms with Crippen LogP contribution in [0.1, 0.15) is 38.0 Å². The van der Waals surface area contributed by atoms with E-state index in [9.17, 15) is 9.90 Å². The van der Waals surface area contributed by atoms with Gasteiger partial charge >= 0.3 is 5.97 Å². The van der Waals surface area contributed by atoms with Crippen LogP contribution < -0.4 is 4.74 Å². The fraction of sp³-hybridized carbons (Fsp3) is 0.350. The molecular weight excluding hydrogens is 304 g/mol. The predicted octanol–water partition coefficient (Wildman–Crippen LogP) is 4.61. The number of aliphatic carboxylic acids is 1. The van der Waals surface area contributed by atoms with Crippen molar-refractivity contribution in [2.24, 2.45) is 0 Å². The van der Waals surface area contributed by atoms with E-state index in [2.05, 4.69) is 0 Å². The first-order valence-corrected chi connectivity index (χ1v) is 7.87. The Hall–Kier alpha value is -2.33. The van der Waals surface area contributed by atoms with Gasteiger partial charge in [-0.05, 0) is 56.5 Å². The van der Waals surface area contributed by atoms with Gasteiger partial charge in [0.05, 0.1) is 12.7 Å². The SMILES string of the molecule is COc1ccc(-c2cccc(C)c2C(OC(C)(C)C)C(=O)O)cc1. The highest BCUT2D eigenvalue weighted by Gasteiger charge is 2.30. The van der Waals surface area contributed by atoms with Crippen LogP contribution >= 0.6 is 0 Å². The van der Waals surface area contributed by atoms with Gasteiger partial charge in [-0.3, -0.25) is 0 Å². The lowest BCUT2D eigenvalue weighted by Gasteiger charge is -2.27. The Labute approximate surface area is 143 Å². The summed E-state index contributed by atoms with van der Waals surface area (Å²) in [6.45, 7) is 7.47. The van der Waals surface area contributed by atoms with Crippen LogP contribution in [0.4, 0.5) is 0 Å². The zero-order valence-corrected chi connectivity index (χ0v) is 14.8. The molecule has 1 atom stereocenters. The minimum Gasteiger partial charge on any atom is -0.497 e. The lowest BCUT2D eigenvalue weighted by Crippen LogP contribution is -2.28. The second-order valence-electron chi connectivity index (χ2n) is 6.71. The quantitative estimate of drug-likeness (QED) is 0.870. The number of carboxylic acid groups (broad SMARTS) is 1. The normalized spacial score (nSPS) is 12.7. The average Bonchev–Trinajstić information content (AvgIpc) is 2.52. The summed E-state index contributed by atoms with van der Waals surface area (Å²) in [4.78, 5) is 11.9. The van der Waals surface area contributed by atoms with Crippen LogP contribution in [0, 0.1) is 6.92 Å². The fourth-order valence-corrected chi connectivity index (χ4v) is 2.64. The lowest BCUT2D eigenvalue weighted by molar-refractivity contribution is -0.160. The van der Waals surface area contributed by atoms with Crippen molar-refractivity contribution >= 4 is 5.97 Å². The summed E-state index contributed by atoms with van der Waals surface area (Å²) in [5.74, 6) is -0.234. The van der Waals surface area contributed by atoms with Crippen molar-refractivity contribution in [3.05, 3.63) is 53.6 Å². The van der Waals surface area contributed by atoms with Gasteiger partial charge in [-0.25, -0.2) is 4.79 Å². The molecule has 2 rings (SSSR count). The van der Waals surface area contributed by atoms with Crippen molar-refractivity contribution in [2.45, 2.75) is 39.4 Å². The van der Waals surface area contributed by atoms with Crippen LogP contribution in [-0.2, 0) is 9.53 Å². The Morgan fingerprint density at radius 3 is 2.21 bits per heavy atom. The summed E-state index contributed by atoms with van der Waals surface area (Å²) >= 11 is 0. The Bertz CT molecular complexity index is 711. The summed E-state index contributed by atoms with van der Waals surface area (Å²) in [5.41, 5.74) is 2.79. The zero-order valence-electron chi connectivity index (χ0n) is 14.8. The molecule has 0 heterocycles. The van der Waals surface area contributed by atoms with Gasteiger partial charge in [0.25, 0.3) is 0 Å². The fourth-order valence-electron chi connectivity index (χ4n) is 2.64. The van der Waals surface area contributed by atoms with Crippen LogP contribution in [0.25, 0.3) is 11.1 Å². The van der Waals surface area contributed by atoms with E-state index in [1.54, 1.807) is 7.11 Å². The van der Waals surface area contributed by atoms with Crippen molar-refractivity contribution in [3.63, 3.8) is 0 Å². The van der Waals surface area contributed by atoms with E-state index in [0.29, 0.717) is 5.56 Å². The summed E-state index contributed by atoms with van der Waals surface area (Å²) < 4.78 is 11.0. The van der Waals surface area contributed by atoms with Crippen LogP contribution in [-0.4, -0.2) is 23.8 Å². The number of methoxy groups -OCH3 is 1. The maximum atomic E-state index is 11.9. The molecule has 128 valence electrons. The molecule has 1 unspecified atom stereocenters. The van der Waals surface area contributed by atoms with Crippen LogP contribution in [0.2, 0.25) is 0 Å². The van der Waals surface area contributed by atoms with Gasteiger partial charge in [-0.1, -0.05) is 30.3 Å². The Balaban J connectivity index is 2.57. The third kappa shape index (κ3) is 4.15. The maximum Gasteiger partial charge on any atom is 0.337 e. The highest BCUT2D eigenvalue weighted by atomic mass is 16.5. The van der Waals surface area contributed by atoms with Gasteiger partial charge in [-0.2, -0.15) is 0 Å². The highest BCUT2D eigenvalue weighted by Crippen LogP contribution is 2.35. The average molecular weight is 328 g/mol. The number of aryl methyl sites for hydroxylation is 1. The molecule has 2 aromatic carbocycles. The second-order valence-corrected chi connectivity index (χ2v) is 6.71.